The van der Waals surface area contributed by atoms with Crippen LogP contribution in [0.25, 0.3) is 0 Å². The lowest BCUT2D eigenvalue weighted by molar-refractivity contribution is -0.118. The van der Waals surface area contributed by atoms with Gasteiger partial charge < -0.3 is 15.4 Å². The van der Waals surface area contributed by atoms with Crippen LogP contribution in [0.4, 0.5) is 5.69 Å². The highest BCUT2D eigenvalue weighted by Crippen LogP contribution is 2.33. The van der Waals surface area contributed by atoms with Crippen molar-refractivity contribution in [1.29, 1.82) is 0 Å². The molecular formula is C13H17ClN2O2. The molecule has 0 saturated carbocycles. The summed E-state index contributed by atoms with van der Waals surface area (Å²) in [5.74, 6) is 0.607. The fraction of sp³-hybridized carbons (Fsp3) is 0.462. The minimum Gasteiger partial charge on any atom is -0.482 e. The number of hydrogen-bond donors (Lipinski definition) is 2. The van der Waals surface area contributed by atoms with Crippen LogP contribution >= 0.6 is 11.6 Å². The van der Waals surface area contributed by atoms with Gasteiger partial charge in [-0.25, -0.2) is 0 Å². The quantitative estimate of drug-likeness (QED) is 0.649. The molecule has 1 aromatic carbocycles. The summed E-state index contributed by atoms with van der Waals surface area (Å²) in [7, 11) is 0. The summed E-state index contributed by atoms with van der Waals surface area (Å²) in [6.45, 7) is 5.10. The molecule has 2 N–H and O–H groups in total. The minimum atomic E-state index is -0.115. The number of benzene rings is 1. The maximum Gasteiger partial charge on any atom is 0.262 e. The lowest BCUT2D eigenvalue weighted by Crippen LogP contribution is -2.33. The van der Waals surface area contributed by atoms with E-state index in [1.165, 1.54) is 0 Å². The zero-order chi connectivity index (χ0) is 13.2. The number of amides is 1. The topological polar surface area (TPSA) is 50.4 Å². The molecule has 0 atom stereocenters. The largest absolute Gasteiger partial charge is 0.482 e. The molecule has 1 heterocycles. The molecule has 1 aliphatic rings. The van der Waals surface area contributed by atoms with Gasteiger partial charge in [0, 0.05) is 12.0 Å². The summed E-state index contributed by atoms with van der Waals surface area (Å²) in [6, 6.07) is 6.30. The normalized spacial score (nSPS) is 14.7. The molecule has 0 aliphatic carbocycles. The number of rotatable bonds is 4. The van der Waals surface area contributed by atoms with Crippen molar-refractivity contribution in [2.75, 3.05) is 24.5 Å². The van der Waals surface area contributed by atoms with Crippen LogP contribution in [0, 0.1) is 0 Å². The van der Waals surface area contributed by atoms with Gasteiger partial charge in [-0.3, -0.25) is 4.79 Å². The fourth-order valence-corrected chi connectivity index (χ4v) is 2.06. The van der Waals surface area contributed by atoms with Crippen LogP contribution in [0.2, 0.25) is 0 Å². The SMILES string of the molecule is CC(C)(CNCCl)c1ccc2c(c1)NC(=O)CO2. The van der Waals surface area contributed by atoms with Crippen molar-refractivity contribution in [1.82, 2.24) is 5.32 Å². The number of carbonyl (C=O) groups excluding carboxylic acids is 1. The van der Waals surface area contributed by atoms with E-state index in [1.807, 2.05) is 18.2 Å². The molecular weight excluding hydrogens is 252 g/mol. The van der Waals surface area contributed by atoms with Gasteiger partial charge in [0.15, 0.2) is 6.61 Å². The van der Waals surface area contributed by atoms with Gasteiger partial charge in [0.05, 0.1) is 11.7 Å². The van der Waals surface area contributed by atoms with Gasteiger partial charge in [0.2, 0.25) is 0 Å². The van der Waals surface area contributed by atoms with Gasteiger partial charge in [-0.15, -0.1) is 11.6 Å². The number of halogens is 1. The number of fused-ring (bicyclic) bond motifs is 1. The molecule has 0 fully saturated rings. The summed E-state index contributed by atoms with van der Waals surface area (Å²) in [5.41, 5.74) is 1.80. The third-order valence-electron chi connectivity index (χ3n) is 3.06. The Morgan fingerprint density at radius 3 is 3.00 bits per heavy atom. The highest BCUT2D eigenvalue weighted by atomic mass is 35.5. The van der Waals surface area contributed by atoms with Crippen LogP contribution < -0.4 is 15.4 Å². The molecule has 0 bridgehead atoms. The van der Waals surface area contributed by atoms with E-state index in [-0.39, 0.29) is 17.9 Å². The first-order chi connectivity index (χ1) is 8.53. The number of hydrogen-bond acceptors (Lipinski definition) is 3. The van der Waals surface area contributed by atoms with Crippen molar-refractivity contribution in [2.45, 2.75) is 19.3 Å². The number of ether oxygens (including phenoxy) is 1. The van der Waals surface area contributed by atoms with Gasteiger partial charge >= 0.3 is 0 Å². The van der Waals surface area contributed by atoms with E-state index in [1.54, 1.807) is 0 Å². The Balaban J connectivity index is 2.24. The average Bonchev–Trinajstić information content (AvgIpc) is 2.35. The van der Waals surface area contributed by atoms with Crippen LogP contribution in [-0.2, 0) is 10.2 Å². The Bertz CT molecular complexity index is 460. The first kappa shape index (κ1) is 13.2. The van der Waals surface area contributed by atoms with Crippen molar-refractivity contribution in [3.8, 4) is 5.75 Å². The molecule has 1 aliphatic heterocycles. The molecule has 5 heteroatoms. The summed E-state index contributed by atoms with van der Waals surface area (Å²) in [6.07, 6.45) is 0. The van der Waals surface area contributed by atoms with Gasteiger partial charge in [0.1, 0.15) is 5.75 Å². The molecule has 18 heavy (non-hydrogen) atoms. The molecule has 0 radical (unpaired) electrons. The third kappa shape index (κ3) is 2.76. The van der Waals surface area contributed by atoms with Crippen molar-refractivity contribution >= 4 is 23.2 Å². The van der Waals surface area contributed by atoms with Gasteiger partial charge in [-0.05, 0) is 17.7 Å². The fourth-order valence-electron chi connectivity index (χ4n) is 1.97. The third-order valence-corrected chi connectivity index (χ3v) is 3.24. The first-order valence-corrected chi connectivity index (χ1v) is 6.40. The second kappa shape index (κ2) is 5.16. The Hall–Kier alpha value is -1.26. The van der Waals surface area contributed by atoms with Crippen molar-refractivity contribution in [3.63, 3.8) is 0 Å². The van der Waals surface area contributed by atoms with Crippen LogP contribution in [-0.4, -0.2) is 25.1 Å². The molecule has 0 spiro atoms. The summed E-state index contributed by atoms with van der Waals surface area (Å²) < 4.78 is 5.34. The molecule has 1 aromatic rings. The highest BCUT2D eigenvalue weighted by Gasteiger charge is 2.23. The van der Waals surface area contributed by atoms with E-state index in [4.69, 9.17) is 16.3 Å². The summed E-state index contributed by atoms with van der Waals surface area (Å²) >= 11 is 5.64. The molecule has 0 unspecified atom stereocenters. The lowest BCUT2D eigenvalue weighted by atomic mass is 9.84. The molecule has 4 nitrogen and oxygen atoms in total. The van der Waals surface area contributed by atoms with E-state index in [0.717, 1.165) is 23.5 Å². The number of nitrogens with one attached hydrogen (secondary N) is 2. The lowest BCUT2D eigenvalue weighted by Gasteiger charge is -2.27. The first-order valence-electron chi connectivity index (χ1n) is 5.87. The number of carbonyl (C=O) groups is 1. The van der Waals surface area contributed by atoms with E-state index in [9.17, 15) is 4.79 Å². The Kier molecular flexibility index (Phi) is 3.78. The van der Waals surface area contributed by atoms with Crippen molar-refractivity contribution < 1.29 is 9.53 Å². The Labute approximate surface area is 112 Å². The standard InChI is InChI=1S/C13H17ClN2O2/c1-13(2,7-15-8-14)9-3-4-11-10(5-9)16-12(17)6-18-11/h3-5,15H,6-8H2,1-2H3,(H,16,17). The minimum absolute atomic E-state index is 0.0634. The van der Waals surface area contributed by atoms with E-state index in [0.29, 0.717) is 6.00 Å². The predicted molar refractivity (Wildman–Crippen MR) is 72.3 cm³/mol. The smallest absolute Gasteiger partial charge is 0.262 e. The predicted octanol–water partition coefficient (Wildman–Crippen LogP) is 2.08. The van der Waals surface area contributed by atoms with Crippen LogP contribution in [0.3, 0.4) is 0 Å². The van der Waals surface area contributed by atoms with E-state index < -0.39 is 0 Å². The molecule has 0 saturated heterocycles. The van der Waals surface area contributed by atoms with Gasteiger partial charge in [0.25, 0.3) is 5.91 Å². The summed E-state index contributed by atoms with van der Waals surface area (Å²) in [4.78, 5) is 11.3. The zero-order valence-corrected chi connectivity index (χ0v) is 11.3. The van der Waals surface area contributed by atoms with Crippen LogP contribution in [0.1, 0.15) is 19.4 Å². The second-order valence-corrected chi connectivity index (χ2v) is 5.26. The maximum atomic E-state index is 11.3. The van der Waals surface area contributed by atoms with Crippen molar-refractivity contribution in [2.24, 2.45) is 0 Å². The molecule has 98 valence electrons. The van der Waals surface area contributed by atoms with Gasteiger partial charge in [-0.2, -0.15) is 0 Å². The van der Waals surface area contributed by atoms with E-state index >= 15 is 0 Å². The molecule has 1 amide bonds. The van der Waals surface area contributed by atoms with Gasteiger partial charge in [-0.1, -0.05) is 19.9 Å². The maximum absolute atomic E-state index is 11.3. The Morgan fingerprint density at radius 1 is 1.50 bits per heavy atom. The zero-order valence-electron chi connectivity index (χ0n) is 10.5. The van der Waals surface area contributed by atoms with Crippen LogP contribution in [0.15, 0.2) is 18.2 Å². The summed E-state index contributed by atoms with van der Waals surface area (Å²) in [5, 5.41) is 5.94. The molecule has 0 aromatic heterocycles. The monoisotopic (exact) mass is 268 g/mol. The number of alkyl halides is 1. The second-order valence-electron chi connectivity index (χ2n) is 4.99. The highest BCUT2D eigenvalue weighted by molar-refractivity contribution is 6.17. The van der Waals surface area contributed by atoms with Crippen LogP contribution in [0.5, 0.6) is 5.75 Å². The van der Waals surface area contributed by atoms with E-state index in [2.05, 4.69) is 24.5 Å². The van der Waals surface area contributed by atoms with Crippen molar-refractivity contribution in [3.05, 3.63) is 23.8 Å². The Morgan fingerprint density at radius 2 is 2.28 bits per heavy atom. The number of anilines is 1. The molecule has 2 rings (SSSR count). The average molecular weight is 269 g/mol.